The molecule has 0 aliphatic rings. The lowest BCUT2D eigenvalue weighted by molar-refractivity contribution is 0.630. The van der Waals surface area contributed by atoms with E-state index >= 15 is 0 Å². The molecule has 0 atom stereocenters. The maximum atomic E-state index is 13.9. The van der Waals surface area contributed by atoms with E-state index in [4.69, 9.17) is 0 Å². The highest BCUT2D eigenvalue weighted by Gasteiger charge is 2.07. The third-order valence-corrected chi connectivity index (χ3v) is 3.23. The first-order valence-corrected chi connectivity index (χ1v) is 6.12. The van der Waals surface area contributed by atoms with Crippen LogP contribution in [0.2, 0.25) is 0 Å². The highest BCUT2D eigenvalue weighted by Crippen LogP contribution is 2.26. The summed E-state index contributed by atoms with van der Waals surface area (Å²) in [5.74, 6) is -0.168. The largest absolute Gasteiger partial charge is 0.316 e. The van der Waals surface area contributed by atoms with Gasteiger partial charge in [-0.15, -0.1) is 0 Å². The van der Waals surface area contributed by atoms with Crippen molar-refractivity contribution in [2.24, 2.45) is 0 Å². The van der Waals surface area contributed by atoms with Crippen LogP contribution in [0.5, 0.6) is 0 Å². The number of halogens is 1. The van der Waals surface area contributed by atoms with E-state index in [0.717, 1.165) is 17.7 Å². The number of benzene rings is 2. The molecular weight excluding hydrogens is 225 g/mol. The summed E-state index contributed by atoms with van der Waals surface area (Å²) in [4.78, 5) is 0. The minimum Gasteiger partial charge on any atom is -0.316 e. The number of rotatable bonds is 3. The minimum absolute atomic E-state index is 0.168. The molecule has 0 aliphatic heterocycles. The van der Waals surface area contributed by atoms with Gasteiger partial charge in [0.2, 0.25) is 0 Å². The molecule has 18 heavy (non-hydrogen) atoms. The predicted molar refractivity (Wildman–Crippen MR) is 74.1 cm³/mol. The van der Waals surface area contributed by atoms with Crippen LogP contribution in [0, 0.1) is 19.7 Å². The van der Waals surface area contributed by atoms with Crippen molar-refractivity contribution >= 4 is 0 Å². The Labute approximate surface area is 108 Å². The van der Waals surface area contributed by atoms with E-state index in [1.165, 1.54) is 17.2 Å². The molecule has 0 spiro atoms. The van der Waals surface area contributed by atoms with Gasteiger partial charge in [0.25, 0.3) is 0 Å². The number of aryl methyl sites for hydroxylation is 2. The lowest BCUT2D eigenvalue weighted by atomic mass is 9.98. The molecule has 0 bridgehead atoms. The van der Waals surface area contributed by atoms with Gasteiger partial charge in [-0.2, -0.15) is 0 Å². The second kappa shape index (κ2) is 5.32. The van der Waals surface area contributed by atoms with Crippen molar-refractivity contribution in [3.8, 4) is 11.1 Å². The molecule has 0 radical (unpaired) electrons. The summed E-state index contributed by atoms with van der Waals surface area (Å²) in [6.07, 6.45) is 0. The van der Waals surface area contributed by atoms with Crippen molar-refractivity contribution in [3.63, 3.8) is 0 Å². The summed E-state index contributed by atoms with van der Waals surface area (Å²) >= 11 is 0. The molecule has 2 aromatic rings. The third kappa shape index (κ3) is 2.59. The molecule has 0 aliphatic carbocycles. The van der Waals surface area contributed by atoms with Crippen molar-refractivity contribution in [2.75, 3.05) is 7.05 Å². The van der Waals surface area contributed by atoms with E-state index in [0.29, 0.717) is 5.56 Å². The normalized spacial score (nSPS) is 10.7. The summed E-state index contributed by atoms with van der Waals surface area (Å²) in [6, 6.07) is 11.3. The first-order chi connectivity index (χ1) is 8.61. The predicted octanol–water partition coefficient (Wildman–Crippen LogP) is 3.83. The standard InChI is InChI=1S/C16H18FN/c1-11-4-6-14(8-12(11)2)15-9-13(10-18-3)5-7-16(15)17/h4-9,18H,10H2,1-3H3. The summed E-state index contributed by atoms with van der Waals surface area (Å²) in [5, 5.41) is 3.08. The van der Waals surface area contributed by atoms with Gasteiger partial charge < -0.3 is 5.32 Å². The van der Waals surface area contributed by atoms with Crippen molar-refractivity contribution in [2.45, 2.75) is 20.4 Å². The van der Waals surface area contributed by atoms with Gasteiger partial charge in [0.05, 0.1) is 0 Å². The van der Waals surface area contributed by atoms with Crippen molar-refractivity contribution < 1.29 is 4.39 Å². The fourth-order valence-corrected chi connectivity index (χ4v) is 2.02. The Hall–Kier alpha value is -1.67. The topological polar surface area (TPSA) is 12.0 Å². The molecule has 0 fully saturated rings. The van der Waals surface area contributed by atoms with Gasteiger partial charge in [-0.3, -0.25) is 0 Å². The van der Waals surface area contributed by atoms with Crippen LogP contribution in [-0.2, 0) is 6.54 Å². The molecule has 94 valence electrons. The van der Waals surface area contributed by atoms with Gasteiger partial charge in [-0.05, 0) is 55.3 Å². The summed E-state index contributed by atoms with van der Waals surface area (Å²) in [6.45, 7) is 4.86. The Bertz CT molecular complexity index is 561. The van der Waals surface area contributed by atoms with Gasteiger partial charge in [0.15, 0.2) is 0 Å². The first kappa shape index (κ1) is 12.8. The molecule has 1 N–H and O–H groups in total. The lowest BCUT2D eigenvalue weighted by Gasteiger charge is -2.09. The zero-order valence-electron chi connectivity index (χ0n) is 11.0. The van der Waals surface area contributed by atoms with Gasteiger partial charge in [-0.1, -0.05) is 24.3 Å². The fourth-order valence-electron chi connectivity index (χ4n) is 2.02. The van der Waals surface area contributed by atoms with Gasteiger partial charge >= 0.3 is 0 Å². The maximum absolute atomic E-state index is 13.9. The second-order valence-electron chi connectivity index (χ2n) is 4.64. The van der Waals surface area contributed by atoms with Crippen molar-refractivity contribution in [3.05, 3.63) is 58.9 Å². The smallest absolute Gasteiger partial charge is 0.131 e. The van der Waals surface area contributed by atoms with E-state index in [1.54, 1.807) is 0 Å². The Morgan fingerprint density at radius 1 is 1.00 bits per heavy atom. The molecule has 0 amide bonds. The molecule has 0 aromatic heterocycles. The quantitative estimate of drug-likeness (QED) is 0.864. The Morgan fingerprint density at radius 2 is 1.78 bits per heavy atom. The Balaban J connectivity index is 2.48. The van der Waals surface area contributed by atoms with Crippen LogP contribution < -0.4 is 5.32 Å². The van der Waals surface area contributed by atoms with Crippen molar-refractivity contribution in [1.82, 2.24) is 5.32 Å². The van der Waals surface area contributed by atoms with Crippen molar-refractivity contribution in [1.29, 1.82) is 0 Å². The first-order valence-electron chi connectivity index (χ1n) is 6.12. The molecule has 2 heteroatoms. The van der Waals surface area contributed by atoms with Crippen LogP contribution in [0.3, 0.4) is 0 Å². The number of hydrogen-bond donors (Lipinski definition) is 1. The SMILES string of the molecule is CNCc1ccc(F)c(-c2ccc(C)c(C)c2)c1. The molecule has 2 rings (SSSR count). The average molecular weight is 243 g/mol. The third-order valence-electron chi connectivity index (χ3n) is 3.23. The summed E-state index contributed by atoms with van der Waals surface area (Å²) < 4.78 is 13.9. The van der Waals surface area contributed by atoms with Gasteiger partial charge in [0, 0.05) is 12.1 Å². The second-order valence-corrected chi connectivity index (χ2v) is 4.64. The number of nitrogens with one attached hydrogen (secondary N) is 1. The van der Waals surface area contributed by atoms with E-state index in [9.17, 15) is 4.39 Å². The van der Waals surface area contributed by atoms with Crippen LogP contribution in [-0.4, -0.2) is 7.05 Å². The number of hydrogen-bond acceptors (Lipinski definition) is 1. The van der Waals surface area contributed by atoms with E-state index in [1.807, 2.05) is 44.3 Å². The van der Waals surface area contributed by atoms with Crippen LogP contribution in [0.25, 0.3) is 11.1 Å². The van der Waals surface area contributed by atoms with Crippen LogP contribution in [0.15, 0.2) is 36.4 Å². The highest BCUT2D eigenvalue weighted by molar-refractivity contribution is 5.66. The summed E-state index contributed by atoms with van der Waals surface area (Å²) in [7, 11) is 1.89. The average Bonchev–Trinajstić information content (AvgIpc) is 2.35. The molecule has 0 saturated heterocycles. The molecular formula is C16H18FN. The van der Waals surface area contributed by atoms with E-state index in [-0.39, 0.29) is 5.82 Å². The maximum Gasteiger partial charge on any atom is 0.131 e. The van der Waals surface area contributed by atoms with Crippen LogP contribution >= 0.6 is 0 Å². The summed E-state index contributed by atoms with van der Waals surface area (Å²) in [5.41, 5.74) is 5.11. The van der Waals surface area contributed by atoms with E-state index < -0.39 is 0 Å². The van der Waals surface area contributed by atoms with Crippen LogP contribution in [0.4, 0.5) is 4.39 Å². The lowest BCUT2D eigenvalue weighted by Crippen LogP contribution is -2.05. The minimum atomic E-state index is -0.168. The molecule has 0 saturated carbocycles. The Kier molecular flexibility index (Phi) is 3.78. The fraction of sp³-hybridized carbons (Fsp3) is 0.250. The zero-order chi connectivity index (χ0) is 13.1. The Morgan fingerprint density at radius 3 is 2.44 bits per heavy atom. The van der Waals surface area contributed by atoms with Gasteiger partial charge in [-0.25, -0.2) is 4.39 Å². The monoisotopic (exact) mass is 243 g/mol. The van der Waals surface area contributed by atoms with Gasteiger partial charge in [0.1, 0.15) is 5.82 Å². The van der Waals surface area contributed by atoms with E-state index in [2.05, 4.69) is 12.2 Å². The zero-order valence-corrected chi connectivity index (χ0v) is 11.0. The molecule has 0 heterocycles. The molecule has 2 aromatic carbocycles. The highest BCUT2D eigenvalue weighted by atomic mass is 19.1. The molecule has 1 nitrogen and oxygen atoms in total. The van der Waals surface area contributed by atoms with Crippen LogP contribution in [0.1, 0.15) is 16.7 Å². The molecule has 0 unspecified atom stereocenters.